The minimum Gasteiger partial charge on any atom is -0.399 e. The van der Waals surface area contributed by atoms with Gasteiger partial charge < -0.3 is 11.1 Å². The fourth-order valence-electron chi connectivity index (χ4n) is 1.54. The predicted molar refractivity (Wildman–Crippen MR) is 76.0 cm³/mol. The van der Waals surface area contributed by atoms with E-state index in [-0.39, 0.29) is 0 Å². The average Bonchev–Trinajstić information content (AvgIpc) is 2.38. The Hall–Kier alpha value is -2.00. The fourth-order valence-corrected chi connectivity index (χ4v) is 1.67. The second kappa shape index (κ2) is 5.56. The summed E-state index contributed by atoms with van der Waals surface area (Å²) in [6.07, 6.45) is 0. The summed E-state index contributed by atoms with van der Waals surface area (Å²) in [5.74, 6) is 0.380. The van der Waals surface area contributed by atoms with Crippen molar-refractivity contribution in [3.8, 4) is 0 Å². The van der Waals surface area contributed by atoms with Crippen LogP contribution in [0.4, 0.5) is 5.69 Å². The molecule has 2 aromatic rings. The monoisotopic (exact) mass is 259 g/mol. The summed E-state index contributed by atoms with van der Waals surface area (Å²) >= 11 is 5.81. The van der Waals surface area contributed by atoms with Gasteiger partial charge in [0.15, 0.2) is 0 Å². The first-order chi connectivity index (χ1) is 8.65. The maximum absolute atomic E-state index is 7.91. The number of rotatable bonds is 3. The Labute approximate surface area is 111 Å². The van der Waals surface area contributed by atoms with Gasteiger partial charge in [-0.05, 0) is 42.0 Å². The van der Waals surface area contributed by atoms with Gasteiger partial charge in [-0.2, -0.15) is 0 Å². The minimum absolute atomic E-state index is 0.380. The summed E-state index contributed by atoms with van der Waals surface area (Å²) in [6, 6.07) is 14.8. The van der Waals surface area contributed by atoms with Crippen LogP contribution in [0, 0.1) is 5.41 Å². The Bertz CT molecular complexity index is 532. The topological polar surface area (TPSA) is 61.9 Å². The SMILES string of the molecule is N=C(NCc1ccc(Cl)cc1)c1ccc(N)cc1. The molecular weight excluding hydrogens is 246 g/mol. The van der Waals surface area contributed by atoms with Crippen LogP contribution in [0.5, 0.6) is 0 Å². The molecule has 0 unspecified atom stereocenters. The van der Waals surface area contributed by atoms with E-state index in [4.69, 9.17) is 22.7 Å². The largest absolute Gasteiger partial charge is 0.399 e. The third-order valence-electron chi connectivity index (χ3n) is 2.58. The van der Waals surface area contributed by atoms with Crippen LogP contribution >= 0.6 is 11.6 Å². The molecule has 18 heavy (non-hydrogen) atoms. The first-order valence-corrected chi connectivity index (χ1v) is 5.96. The molecule has 0 atom stereocenters. The van der Waals surface area contributed by atoms with Gasteiger partial charge in [-0.3, -0.25) is 5.41 Å². The molecule has 0 spiro atoms. The zero-order chi connectivity index (χ0) is 13.0. The second-order valence-electron chi connectivity index (χ2n) is 3.98. The van der Waals surface area contributed by atoms with Gasteiger partial charge in [-0.25, -0.2) is 0 Å². The molecule has 2 rings (SSSR count). The van der Waals surface area contributed by atoms with Crippen molar-refractivity contribution in [1.82, 2.24) is 5.32 Å². The summed E-state index contributed by atoms with van der Waals surface area (Å²) in [7, 11) is 0. The van der Waals surface area contributed by atoms with E-state index < -0.39 is 0 Å². The van der Waals surface area contributed by atoms with Crippen LogP contribution in [0.1, 0.15) is 11.1 Å². The molecule has 3 nitrogen and oxygen atoms in total. The lowest BCUT2D eigenvalue weighted by molar-refractivity contribution is 0.908. The molecule has 2 aromatic carbocycles. The third-order valence-corrected chi connectivity index (χ3v) is 2.83. The zero-order valence-corrected chi connectivity index (χ0v) is 10.5. The maximum Gasteiger partial charge on any atom is 0.125 e. The highest BCUT2D eigenvalue weighted by Crippen LogP contribution is 2.10. The Morgan fingerprint density at radius 3 is 2.28 bits per heavy atom. The minimum atomic E-state index is 0.380. The number of nitrogens with one attached hydrogen (secondary N) is 2. The van der Waals surface area contributed by atoms with Gasteiger partial charge in [0, 0.05) is 22.8 Å². The number of hydrogen-bond acceptors (Lipinski definition) is 2. The fraction of sp³-hybridized carbons (Fsp3) is 0.0714. The summed E-state index contributed by atoms with van der Waals surface area (Å²) in [5.41, 5.74) is 8.20. The number of anilines is 1. The second-order valence-corrected chi connectivity index (χ2v) is 4.41. The quantitative estimate of drug-likeness (QED) is 0.451. The lowest BCUT2D eigenvalue weighted by Gasteiger charge is -2.08. The number of benzene rings is 2. The molecule has 0 heterocycles. The van der Waals surface area contributed by atoms with Crippen LogP contribution < -0.4 is 11.1 Å². The van der Waals surface area contributed by atoms with Gasteiger partial charge in [-0.15, -0.1) is 0 Å². The number of nitrogen functional groups attached to an aromatic ring is 1. The van der Waals surface area contributed by atoms with Crippen molar-refractivity contribution in [3.63, 3.8) is 0 Å². The first-order valence-electron chi connectivity index (χ1n) is 5.58. The van der Waals surface area contributed by atoms with Crippen LogP contribution in [-0.4, -0.2) is 5.84 Å². The molecule has 0 saturated carbocycles. The van der Waals surface area contributed by atoms with Crippen molar-refractivity contribution in [1.29, 1.82) is 5.41 Å². The molecular formula is C14H14ClN3. The predicted octanol–water partition coefficient (Wildman–Crippen LogP) is 3.04. The van der Waals surface area contributed by atoms with E-state index in [0.717, 1.165) is 11.1 Å². The van der Waals surface area contributed by atoms with Crippen LogP contribution in [0.3, 0.4) is 0 Å². The maximum atomic E-state index is 7.91. The normalized spacial score (nSPS) is 10.1. The van der Waals surface area contributed by atoms with E-state index in [9.17, 15) is 0 Å². The average molecular weight is 260 g/mol. The van der Waals surface area contributed by atoms with Crippen molar-refractivity contribution < 1.29 is 0 Å². The summed E-state index contributed by atoms with van der Waals surface area (Å²) in [5, 5.41) is 11.7. The Kier molecular flexibility index (Phi) is 3.85. The molecule has 4 N–H and O–H groups in total. The van der Waals surface area contributed by atoms with Gasteiger partial charge in [0.05, 0.1) is 0 Å². The molecule has 0 aliphatic heterocycles. The van der Waals surface area contributed by atoms with Crippen molar-refractivity contribution in [2.24, 2.45) is 0 Å². The van der Waals surface area contributed by atoms with Crippen LogP contribution in [0.2, 0.25) is 5.02 Å². The molecule has 0 aliphatic rings. The number of amidine groups is 1. The Balaban J connectivity index is 1.96. The highest BCUT2D eigenvalue weighted by atomic mass is 35.5. The van der Waals surface area contributed by atoms with E-state index in [1.165, 1.54) is 0 Å². The third kappa shape index (κ3) is 3.25. The molecule has 0 bridgehead atoms. The van der Waals surface area contributed by atoms with Gasteiger partial charge in [-0.1, -0.05) is 23.7 Å². The van der Waals surface area contributed by atoms with Crippen molar-refractivity contribution in [2.75, 3.05) is 5.73 Å². The molecule has 0 fully saturated rings. The van der Waals surface area contributed by atoms with Crippen molar-refractivity contribution >= 4 is 23.1 Å². The highest BCUT2D eigenvalue weighted by Gasteiger charge is 2.00. The Morgan fingerprint density at radius 2 is 1.67 bits per heavy atom. The van der Waals surface area contributed by atoms with E-state index in [2.05, 4.69) is 5.32 Å². The van der Waals surface area contributed by atoms with Gasteiger partial charge >= 0.3 is 0 Å². The summed E-state index contributed by atoms with van der Waals surface area (Å²) < 4.78 is 0. The smallest absolute Gasteiger partial charge is 0.125 e. The molecule has 0 aliphatic carbocycles. The van der Waals surface area contributed by atoms with Crippen LogP contribution in [0.15, 0.2) is 48.5 Å². The molecule has 4 heteroatoms. The highest BCUT2D eigenvalue weighted by molar-refractivity contribution is 6.30. The standard InChI is InChI=1S/C14H14ClN3/c15-12-5-1-10(2-6-12)9-18-14(17)11-3-7-13(16)8-4-11/h1-8H,9,16H2,(H2,17,18). The lowest BCUT2D eigenvalue weighted by Crippen LogP contribution is -2.22. The van der Waals surface area contributed by atoms with Gasteiger partial charge in [0.1, 0.15) is 5.84 Å². The summed E-state index contributed by atoms with van der Waals surface area (Å²) in [6.45, 7) is 0.598. The van der Waals surface area contributed by atoms with E-state index in [0.29, 0.717) is 23.1 Å². The van der Waals surface area contributed by atoms with E-state index in [1.807, 2.05) is 36.4 Å². The lowest BCUT2D eigenvalue weighted by atomic mass is 10.1. The molecule has 0 amide bonds. The van der Waals surface area contributed by atoms with E-state index >= 15 is 0 Å². The molecule has 92 valence electrons. The molecule has 0 saturated heterocycles. The van der Waals surface area contributed by atoms with Crippen LogP contribution in [0.25, 0.3) is 0 Å². The number of halogens is 1. The van der Waals surface area contributed by atoms with Gasteiger partial charge in [0.25, 0.3) is 0 Å². The van der Waals surface area contributed by atoms with Crippen molar-refractivity contribution in [2.45, 2.75) is 6.54 Å². The zero-order valence-electron chi connectivity index (χ0n) is 9.78. The number of nitrogens with two attached hydrogens (primary N) is 1. The van der Waals surface area contributed by atoms with Gasteiger partial charge in [0.2, 0.25) is 0 Å². The van der Waals surface area contributed by atoms with Crippen molar-refractivity contribution in [3.05, 3.63) is 64.7 Å². The first kappa shape index (κ1) is 12.5. The summed E-state index contributed by atoms with van der Waals surface area (Å²) in [4.78, 5) is 0. The number of hydrogen-bond donors (Lipinski definition) is 3. The molecule has 0 radical (unpaired) electrons. The van der Waals surface area contributed by atoms with Crippen LogP contribution in [-0.2, 0) is 6.54 Å². The molecule has 0 aromatic heterocycles. The Morgan fingerprint density at radius 1 is 1.06 bits per heavy atom. The van der Waals surface area contributed by atoms with E-state index in [1.54, 1.807) is 12.1 Å².